The lowest BCUT2D eigenvalue weighted by Crippen LogP contribution is -2.14. The second kappa shape index (κ2) is 7.49. The molecule has 146 valence electrons. The van der Waals surface area contributed by atoms with Crippen LogP contribution in [0.3, 0.4) is 0 Å². The first-order valence-corrected chi connectivity index (χ1v) is 9.76. The molecule has 0 aliphatic rings. The van der Waals surface area contributed by atoms with Crippen LogP contribution in [-0.2, 0) is 17.1 Å². The summed E-state index contributed by atoms with van der Waals surface area (Å²) in [6.45, 7) is 1.60. The van der Waals surface area contributed by atoms with Crippen molar-refractivity contribution in [3.8, 4) is 11.5 Å². The van der Waals surface area contributed by atoms with Gasteiger partial charge in [0.2, 0.25) is 0 Å². The number of nitro groups is 1. The summed E-state index contributed by atoms with van der Waals surface area (Å²) in [6.07, 6.45) is 1.21. The van der Waals surface area contributed by atoms with Crippen LogP contribution in [0.4, 0.5) is 11.4 Å². The SMILES string of the molecule is Cc1c(S(=O)(=O)Nc2cc(Oc3ccc(Cl)cc3)cc([N+](=O)[O-])c2)cnn1C. The number of nitrogens with one attached hydrogen (secondary N) is 1. The molecular weight excluding hydrogens is 408 g/mol. The van der Waals surface area contributed by atoms with E-state index in [4.69, 9.17) is 16.3 Å². The molecule has 11 heteroatoms. The minimum Gasteiger partial charge on any atom is -0.457 e. The van der Waals surface area contributed by atoms with E-state index in [0.717, 1.165) is 6.07 Å². The minimum absolute atomic E-state index is 0.0126. The van der Waals surface area contributed by atoms with Crippen LogP contribution in [0.15, 0.2) is 53.6 Å². The van der Waals surface area contributed by atoms with Crippen LogP contribution in [0.1, 0.15) is 5.69 Å². The molecule has 1 heterocycles. The fraction of sp³-hybridized carbons (Fsp3) is 0.118. The maximum Gasteiger partial charge on any atom is 0.275 e. The number of nitrogens with zero attached hydrogens (tertiary/aromatic N) is 3. The van der Waals surface area contributed by atoms with Gasteiger partial charge in [-0.2, -0.15) is 5.10 Å². The molecule has 1 aromatic heterocycles. The number of non-ortho nitro benzene ring substituents is 1. The van der Waals surface area contributed by atoms with Crippen molar-refractivity contribution in [3.05, 3.63) is 69.5 Å². The molecule has 0 radical (unpaired) electrons. The molecule has 0 aliphatic heterocycles. The second-order valence-electron chi connectivity index (χ2n) is 5.85. The van der Waals surface area contributed by atoms with E-state index in [-0.39, 0.29) is 22.0 Å². The maximum absolute atomic E-state index is 12.6. The van der Waals surface area contributed by atoms with Gasteiger partial charge in [-0.15, -0.1) is 0 Å². The first-order chi connectivity index (χ1) is 13.2. The molecule has 3 rings (SSSR count). The van der Waals surface area contributed by atoms with E-state index in [1.807, 2.05) is 0 Å². The summed E-state index contributed by atoms with van der Waals surface area (Å²) in [4.78, 5) is 10.6. The quantitative estimate of drug-likeness (QED) is 0.476. The fourth-order valence-corrected chi connectivity index (χ4v) is 3.77. The number of ether oxygens (including phenoxy) is 1. The van der Waals surface area contributed by atoms with Crippen molar-refractivity contribution in [2.45, 2.75) is 11.8 Å². The number of anilines is 1. The average Bonchev–Trinajstić information content (AvgIpc) is 2.96. The lowest BCUT2D eigenvalue weighted by Gasteiger charge is -2.11. The average molecular weight is 423 g/mol. The summed E-state index contributed by atoms with van der Waals surface area (Å²) in [7, 11) is -2.38. The van der Waals surface area contributed by atoms with Gasteiger partial charge in [0.05, 0.1) is 28.6 Å². The zero-order chi connectivity index (χ0) is 20.5. The molecule has 2 aromatic carbocycles. The third kappa shape index (κ3) is 4.24. The first-order valence-electron chi connectivity index (χ1n) is 7.90. The van der Waals surface area contributed by atoms with Crippen LogP contribution in [0, 0.1) is 17.0 Å². The van der Waals surface area contributed by atoms with Gasteiger partial charge in [0, 0.05) is 24.2 Å². The Kier molecular flexibility index (Phi) is 5.25. The number of hydrogen-bond donors (Lipinski definition) is 1. The summed E-state index contributed by atoms with van der Waals surface area (Å²) < 4.78 is 34.6. The standard InChI is InChI=1S/C17H15ClN4O5S/c1-11-17(10-19-21(11)2)28(25,26)20-13-7-14(22(23)24)9-16(8-13)27-15-5-3-12(18)4-6-15/h3-10,20H,1-2H3. The number of halogens is 1. The minimum atomic E-state index is -3.99. The number of benzene rings is 2. The highest BCUT2D eigenvalue weighted by atomic mass is 35.5. The number of aromatic nitrogens is 2. The van der Waals surface area contributed by atoms with E-state index >= 15 is 0 Å². The smallest absolute Gasteiger partial charge is 0.275 e. The summed E-state index contributed by atoms with van der Waals surface area (Å²) in [5.74, 6) is 0.485. The second-order valence-corrected chi connectivity index (χ2v) is 7.94. The monoisotopic (exact) mass is 422 g/mol. The molecule has 0 bridgehead atoms. The molecule has 9 nitrogen and oxygen atoms in total. The first kappa shape index (κ1) is 19.6. The van der Waals surface area contributed by atoms with Gasteiger partial charge in [-0.1, -0.05) is 11.6 Å². The lowest BCUT2D eigenvalue weighted by molar-refractivity contribution is -0.384. The van der Waals surface area contributed by atoms with Crippen LogP contribution in [0.2, 0.25) is 5.02 Å². The molecule has 0 amide bonds. The summed E-state index contributed by atoms with van der Waals surface area (Å²) in [5.41, 5.74) is 0.0871. The predicted molar refractivity (Wildman–Crippen MR) is 103 cm³/mol. The van der Waals surface area contributed by atoms with Crippen molar-refractivity contribution in [2.75, 3.05) is 4.72 Å². The fourth-order valence-electron chi connectivity index (χ4n) is 2.40. The molecule has 0 saturated carbocycles. The highest BCUT2D eigenvalue weighted by molar-refractivity contribution is 7.92. The van der Waals surface area contributed by atoms with Gasteiger partial charge in [-0.3, -0.25) is 19.5 Å². The van der Waals surface area contributed by atoms with E-state index in [1.54, 1.807) is 38.2 Å². The Morgan fingerprint density at radius 3 is 2.43 bits per heavy atom. The Bertz CT molecular complexity index is 1140. The summed E-state index contributed by atoms with van der Waals surface area (Å²) >= 11 is 5.82. The third-order valence-corrected chi connectivity index (χ3v) is 5.62. The van der Waals surface area contributed by atoms with Gasteiger partial charge in [0.15, 0.2) is 0 Å². The van der Waals surface area contributed by atoms with E-state index in [0.29, 0.717) is 16.5 Å². The molecule has 0 atom stereocenters. The van der Waals surface area contributed by atoms with Crippen LogP contribution in [-0.4, -0.2) is 23.1 Å². The van der Waals surface area contributed by atoms with Crippen molar-refractivity contribution in [3.63, 3.8) is 0 Å². The molecular formula is C17H15ClN4O5S. The van der Waals surface area contributed by atoms with Crippen molar-refractivity contribution >= 4 is 33.0 Å². The number of sulfonamides is 1. The van der Waals surface area contributed by atoms with E-state index < -0.39 is 14.9 Å². The van der Waals surface area contributed by atoms with Crippen LogP contribution in [0.25, 0.3) is 0 Å². The normalized spacial score (nSPS) is 11.2. The zero-order valence-corrected chi connectivity index (χ0v) is 16.4. The van der Waals surface area contributed by atoms with Gasteiger partial charge in [0.25, 0.3) is 15.7 Å². The van der Waals surface area contributed by atoms with Gasteiger partial charge < -0.3 is 4.74 Å². The largest absolute Gasteiger partial charge is 0.457 e. The summed E-state index contributed by atoms with van der Waals surface area (Å²) in [5, 5.41) is 15.6. The Morgan fingerprint density at radius 1 is 1.18 bits per heavy atom. The zero-order valence-electron chi connectivity index (χ0n) is 14.8. The lowest BCUT2D eigenvalue weighted by atomic mass is 10.2. The highest BCUT2D eigenvalue weighted by Gasteiger charge is 2.22. The molecule has 0 unspecified atom stereocenters. The third-order valence-electron chi connectivity index (χ3n) is 3.88. The molecule has 3 aromatic rings. The Balaban J connectivity index is 1.96. The predicted octanol–water partition coefficient (Wildman–Crippen LogP) is 3.88. The number of hydrogen-bond acceptors (Lipinski definition) is 6. The van der Waals surface area contributed by atoms with Crippen LogP contribution < -0.4 is 9.46 Å². The van der Waals surface area contributed by atoms with Gasteiger partial charge >= 0.3 is 0 Å². The molecule has 0 saturated heterocycles. The van der Waals surface area contributed by atoms with Crippen molar-refractivity contribution in [1.82, 2.24) is 9.78 Å². The molecule has 0 spiro atoms. The number of aryl methyl sites for hydroxylation is 1. The Labute approximate surface area is 165 Å². The van der Waals surface area contributed by atoms with Gasteiger partial charge in [0.1, 0.15) is 16.4 Å². The molecule has 1 N–H and O–H groups in total. The van der Waals surface area contributed by atoms with Gasteiger partial charge in [-0.05, 0) is 31.2 Å². The Hall–Kier alpha value is -3.11. The Morgan fingerprint density at radius 2 is 1.86 bits per heavy atom. The molecule has 28 heavy (non-hydrogen) atoms. The van der Waals surface area contributed by atoms with E-state index in [2.05, 4.69) is 9.82 Å². The van der Waals surface area contributed by atoms with Crippen molar-refractivity contribution in [1.29, 1.82) is 0 Å². The molecule has 0 aliphatic carbocycles. The van der Waals surface area contributed by atoms with Crippen molar-refractivity contribution in [2.24, 2.45) is 7.05 Å². The van der Waals surface area contributed by atoms with E-state index in [9.17, 15) is 18.5 Å². The maximum atomic E-state index is 12.6. The number of rotatable bonds is 6. The highest BCUT2D eigenvalue weighted by Crippen LogP contribution is 2.31. The topological polar surface area (TPSA) is 116 Å². The van der Waals surface area contributed by atoms with E-state index in [1.165, 1.54) is 23.0 Å². The van der Waals surface area contributed by atoms with Crippen molar-refractivity contribution < 1.29 is 18.1 Å². The molecule has 0 fully saturated rings. The number of nitro benzene ring substituents is 1. The van der Waals surface area contributed by atoms with Crippen LogP contribution in [0.5, 0.6) is 11.5 Å². The van der Waals surface area contributed by atoms with Gasteiger partial charge in [-0.25, -0.2) is 8.42 Å². The summed E-state index contributed by atoms with van der Waals surface area (Å²) in [6, 6.07) is 10.0. The van der Waals surface area contributed by atoms with Crippen LogP contribution >= 0.6 is 11.6 Å².